The molecule has 1 heterocycles. The molecule has 6 heteroatoms. The maximum Gasteiger partial charge on any atom is 0.331 e. The molecule has 23 heavy (non-hydrogen) atoms. The highest BCUT2D eigenvalue weighted by atomic mass is 16.5. The van der Waals surface area contributed by atoms with Gasteiger partial charge in [-0.3, -0.25) is 4.79 Å². The van der Waals surface area contributed by atoms with Crippen LogP contribution >= 0.6 is 0 Å². The number of amides is 1. The maximum atomic E-state index is 12.2. The molecule has 1 aromatic rings. The predicted octanol–water partition coefficient (Wildman–Crippen LogP) is 2.52. The summed E-state index contributed by atoms with van der Waals surface area (Å²) >= 11 is 0. The molecule has 6 nitrogen and oxygen atoms in total. The van der Waals surface area contributed by atoms with Gasteiger partial charge in [-0.15, -0.1) is 0 Å². The zero-order chi connectivity index (χ0) is 16.7. The number of hydrogen-bond donors (Lipinski definition) is 0. The van der Waals surface area contributed by atoms with Gasteiger partial charge in [0.2, 0.25) is 0 Å². The molecule has 0 saturated heterocycles. The summed E-state index contributed by atoms with van der Waals surface area (Å²) in [5, 5.41) is 9.45. The van der Waals surface area contributed by atoms with Crippen molar-refractivity contribution in [2.75, 3.05) is 13.7 Å². The van der Waals surface area contributed by atoms with Crippen molar-refractivity contribution in [3.63, 3.8) is 0 Å². The number of furan rings is 1. The highest BCUT2D eigenvalue weighted by molar-refractivity contribution is 5.89. The number of nitrogens with zero attached hydrogens (tertiary/aromatic N) is 2. The molecule has 1 fully saturated rings. The Kier molecular flexibility index (Phi) is 5.58. The standard InChI is InChI=1S/C17H20N2O4/c1-19(17(13-18)9-3-2-4-10-17)15(20)12-23-16(21)8-7-14-6-5-11-22-14/h5-8,11H,2-4,9-10,12H2,1H3/b8-7+. The van der Waals surface area contributed by atoms with Crippen LogP contribution in [0.25, 0.3) is 6.08 Å². The van der Waals surface area contributed by atoms with Crippen LogP contribution in [0.4, 0.5) is 0 Å². The summed E-state index contributed by atoms with van der Waals surface area (Å²) in [6, 6.07) is 5.67. The lowest BCUT2D eigenvalue weighted by Gasteiger charge is -2.38. The summed E-state index contributed by atoms with van der Waals surface area (Å²) in [6.07, 6.45) is 8.43. The summed E-state index contributed by atoms with van der Waals surface area (Å²) in [7, 11) is 1.60. The third kappa shape index (κ3) is 4.22. The molecule has 0 N–H and O–H groups in total. The van der Waals surface area contributed by atoms with Gasteiger partial charge in [0.1, 0.15) is 11.3 Å². The topological polar surface area (TPSA) is 83.5 Å². The number of likely N-dealkylation sites (N-methyl/N-ethyl adjacent to an activating group) is 1. The van der Waals surface area contributed by atoms with Crippen LogP contribution in [0.15, 0.2) is 28.9 Å². The van der Waals surface area contributed by atoms with Gasteiger partial charge in [0.05, 0.1) is 12.3 Å². The predicted molar refractivity (Wildman–Crippen MR) is 82.9 cm³/mol. The summed E-state index contributed by atoms with van der Waals surface area (Å²) in [5.74, 6) is -0.470. The first-order valence-corrected chi connectivity index (χ1v) is 7.64. The van der Waals surface area contributed by atoms with Crippen molar-refractivity contribution >= 4 is 18.0 Å². The number of hydrogen-bond acceptors (Lipinski definition) is 5. The van der Waals surface area contributed by atoms with Crippen LogP contribution in [0.2, 0.25) is 0 Å². The zero-order valence-electron chi connectivity index (χ0n) is 13.2. The molecular weight excluding hydrogens is 296 g/mol. The Morgan fingerprint density at radius 1 is 1.43 bits per heavy atom. The van der Waals surface area contributed by atoms with Crippen molar-refractivity contribution in [1.29, 1.82) is 5.26 Å². The van der Waals surface area contributed by atoms with Crippen LogP contribution in [-0.4, -0.2) is 36.0 Å². The lowest BCUT2D eigenvalue weighted by Crippen LogP contribution is -2.51. The van der Waals surface area contributed by atoms with E-state index in [9.17, 15) is 14.9 Å². The van der Waals surface area contributed by atoms with E-state index in [4.69, 9.17) is 9.15 Å². The van der Waals surface area contributed by atoms with Crippen LogP contribution in [0.5, 0.6) is 0 Å². The quantitative estimate of drug-likeness (QED) is 0.615. The van der Waals surface area contributed by atoms with E-state index in [1.165, 1.54) is 23.3 Å². The van der Waals surface area contributed by atoms with Gasteiger partial charge in [-0.2, -0.15) is 5.26 Å². The van der Waals surface area contributed by atoms with E-state index in [1.54, 1.807) is 19.2 Å². The Morgan fingerprint density at radius 3 is 2.78 bits per heavy atom. The van der Waals surface area contributed by atoms with Crippen LogP contribution in [0.1, 0.15) is 37.9 Å². The SMILES string of the molecule is CN(C(=O)COC(=O)/C=C/c1ccco1)C1(C#N)CCCCC1. The average Bonchev–Trinajstić information content (AvgIpc) is 3.11. The van der Waals surface area contributed by atoms with Gasteiger partial charge in [-0.1, -0.05) is 19.3 Å². The smallest absolute Gasteiger partial charge is 0.331 e. The van der Waals surface area contributed by atoms with Crippen molar-refractivity contribution in [3.05, 3.63) is 30.2 Å². The molecule has 0 aromatic carbocycles. The molecular formula is C17H20N2O4. The van der Waals surface area contributed by atoms with Crippen LogP contribution in [0, 0.1) is 11.3 Å². The molecule has 0 radical (unpaired) electrons. The van der Waals surface area contributed by atoms with Gasteiger partial charge in [-0.05, 0) is 31.1 Å². The summed E-state index contributed by atoms with van der Waals surface area (Å²) in [5.41, 5.74) is -0.772. The first-order valence-electron chi connectivity index (χ1n) is 7.64. The molecule has 1 amide bonds. The largest absolute Gasteiger partial charge is 0.465 e. The van der Waals surface area contributed by atoms with E-state index in [2.05, 4.69) is 6.07 Å². The van der Waals surface area contributed by atoms with Gasteiger partial charge in [0.25, 0.3) is 5.91 Å². The van der Waals surface area contributed by atoms with E-state index in [0.717, 1.165) is 19.3 Å². The molecule has 1 saturated carbocycles. The van der Waals surface area contributed by atoms with E-state index in [-0.39, 0.29) is 12.5 Å². The molecule has 0 spiro atoms. The van der Waals surface area contributed by atoms with Gasteiger partial charge in [0, 0.05) is 13.1 Å². The van der Waals surface area contributed by atoms with Crippen molar-refractivity contribution in [3.8, 4) is 6.07 Å². The molecule has 0 unspecified atom stereocenters. The number of ether oxygens (including phenoxy) is 1. The molecule has 1 aliphatic carbocycles. The van der Waals surface area contributed by atoms with Gasteiger partial charge >= 0.3 is 5.97 Å². The first kappa shape index (κ1) is 16.8. The van der Waals surface area contributed by atoms with Crippen LogP contribution in [0.3, 0.4) is 0 Å². The van der Waals surface area contributed by atoms with Gasteiger partial charge in [-0.25, -0.2) is 4.79 Å². The number of rotatable bonds is 5. The van der Waals surface area contributed by atoms with E-state index < -0.39 is 11.5 Å². The number of nitriles is 1. The van der Waals surface area contributed by atoms with E-state index in [0.29, 0.717) is 18.6 Å². The van der Waals surface area contributed by atoms with E-state index in [1.807, 2.05) is 0 Å². The molecule has 1 aromatic heterocycles. The van der Waals surface area contributed by atoms with E-state index >= 15 is 0 Å². The Hall–Kier alpha value is -2.55. The second-order valence-electron chi connectivity index (χ2n) is 5.61. The second kappa shape index (κ2) is 7.63. The normalized spacial score (nSPS) is 16.7. The molecule has 122 valence electrons. The molecule has 0 atom stereocenters. The van der Waals surface area contributed by atoms with Gasteiger partial charge < -0.3 is 14.1 Å². The lowest BCUT2D eigenvalue weighted by atomic mass is 9.81. The fraction of sp³-hybridized carbons (Fsp3) is 0.471. The highest BCUT2D eigenvalue weighted by Gasteiger charge is 2.38. The number of carbonyl (C=O) groups is 2. The Bertz CT molecular complexity index is 607. The average molecular weight is 316 g/mol. The van der Waals surface area contributed by atoms with Crippen molar-refractivity contribution in [2.24, 2.45) is 0 Å². The highest BCUT2D eigenvalue weighted by Crippen LogP contribution is 2.32. The fourth-order valence-corrected chi connectivity index (χ4v) is 2.71. The first-order chi connectivity index (χ1) is 11.1. The van der Waals surface area contributed by atoms with Crippen molar-refractivity contribution in [1.82, 2.24) is 4.90 Å². The molecule has 0 bridgehead atoms. The van der Waals surface area contributed by atoms with Crippen LogP contribution in [-0.2, 0) is 14.3 Å². The zero-order valence-corrected chi connectivity index (χ0v) is 13.2. The minimum atomic E-state index is -0.772. The third-order valence-electron chi connectivity index (χ3n) is 4.17. The summed E-state index contributed by atoms with van der Waals surface area (Å²) < 4.78 is 9.98. The minimum Gasteiger partial charge on any atom is -0.465 e. The summed E-state index contributed by atoms with van der Waals surface area (Å²) in [4.78, 5) is 25.2. The monoisotopic (exact) mass is 316 g/mol. The summed E-state index contributed by atoms with van der Waals surface area (Å²) in [6.45, 7) is -0.374. The Labute approximate surface area is 135 Å². The van der Waals surface area contributed by atoms with Crippen molar-refractivity contribution in [2.45, 2.75) is 37.6 Å². The minimum absolute atomic E-state index is 0.367. The van der Waals surface area contributed by atoms with Crippen LogP contribution < -0.4 is 0 Å². The Morgan fingerprint density at radius 2 is 2.17 bits per heavy atom. The number of carbonyl (C=O) groups excluding carboxylic acids is 2. The fourth-order valence-electron chi connectivity index (χ4n) is 2.71. The van der Waals surface area contributed by atoms with Gasteiger partial charge in [0.15, 0.2) is 6.61 Å². The molecule has 2 rings (SSSR count). The maximum absolute atomic E-state index is 12.2. The lowest BCUT2D eigenvalue weighted by molar-refractivity contribution is -0.150. The third-order valence-corrected chi connectivity index (χ3v) is 4.17. The molecule has 1 aliphatic rings. The Balaban J connectivity index is 1.86. The second-order valence-corrected chi connectivity index (χ2v) is 5.61. The van der Waals surface area contributed by atoms with Crippen molar-refractivity contribution < 1.29 is 18.7 Å². The number of esters is 1. The molecule has 0 aliphatic heterocycles.